The van der Waals surface area contributed by atoms with Crippen molar-refractivity contribution in [2.75, 3.05) is 46.3 Å². The minimum Gasteiger partial charge on any atom is -0.306 e. The summed E-state index contributed by atoms with van der Waals surface area (Å²) < 4.78 is 0. The average molecular weight is 239 g/mol. The predicted molar refractivity (Wildman–Crippen MR) is 73.4 cm³/mol. The molecule has 0 aromatic heterocycles. The van der Waals surface area contributed by atoms with Gasteiger partial charge in [-0.25, -0.2) is 0 Å². The third-order valence-electron chi connectivity index (χ3n) is 4.47. The Morgan fingerprint density at radius 1 is 0.824 bits per heavy atom. The molecular weight excluding hydrogens is 210 g/mol. The third-order valence-corrected chi connectivity index (χ3v) is 4.47. The summed E-state index contributed by atoms with van der Waals surface area (Å²) in [5.74, 6) is 0. The van der Waals surface area contributed by atoms with Crippen LogP contribution in [0.4, 0.5) is 0 Å². The average Bonchev–Trinajstić information content (AvgIpc) is 2.29. The van der Waals surface area contributed by atoms with Crippen molar-refractivity contribution in [1.82, 2.24) is 14.7 Å². The van der Waals surface area contributed by atoms with Gasteiger partial charge in [0.15, 0.2) is 0 Å². The zero-order valence-corrected chi connectivity index (χ0v) is 12.1. The van der Waals surface area contributed by atoms with Gasteiger partial charge in [-0.05, 0) is 53.8 Å². The minimum atomic E-state index is 0.346. The zero-order chi connectivity index (χ0) is 12.5. The first kappa shape index (κ1) is 13.3. The first-order valence-electron chi connectivity index (χ1n) is 7.14. The van der Waals surface area contributed by atoms with Crippen LogP contribution in [-0.4, -0.2) is 72.6 Å². The van der Waals surface area contributed by atoms with Crippen LogP contribution < -0.4 is 0 Å². The van der Waals surface area contributed by atoms with Gasteiger partial charge in [0.1, 0.15) is 0 Å². The molecule has 0 aromatic rings. The van der Waals surface area contributed by atoms with E-state index in [0.717, 1.165) is 6.04 Å². The normalized spacial score (nSPS) is 27.5. The molecule has 0 aromatic carbocycles. The number of likely N-dealkylation sites (tertiary alicyclic amines) is 1. The molecule has 100 valence electrons. The van der Waals surface area contributed by atoms with Gasteiger partial charge in [-0.2, -0.15) is 0 Å². The van der Waals surface area contributed by atoms with E-state index >= 15 is 0 Å². The van der Waals surface area contributed by atoms with Crippen LogP contribution in [0.3, 0.4) is 0 Å². The third kappa shape index (κ3) is 3.43. The number of rotatable bonds is 1. The lowest BCUT2D eigenvalue weighted by Crippen LogP contribution is -2.56. The highest BCUT2D eigenvalue weighted by atomic mass is 15.3. The second-order valence-electron chi connectivity index (χ2n) is 6.73. The van der Waals surface area contributed by atoms with Gasteiger partial charge in [0, 0.05) is 37.8 Å². The minimum absolute atomic E-state index is 0.346. The Morgan fingerprint density at radius 3 is 1.82 bits per heavy atom. The second-order valence-corrected chi connectivity index (χ2v) is 6.73. The maximum atomic E-state index is 2.73. The second kappa shape index (κ2) is 5.25. The van der Waals surface area contributed by atoms with Crippen molar-refractivity contribution in [3.05, 3.63) is 0 Å². The topological polar surface area (TPSA) is 9.72 Å². The van der Waals surface area contributed by atoms with Crippen LogP contribution >= 0.6 is 0 Å². The Bertz CT molecular complexity index is 230. The highest BCUT2D eigenvalue weighted by molar-refractivity contribution is 4.86. The van der Waals surface area contributed by atoms with E-state index in [1.807, 2.05) is 0 Å². The molecule has 2 aliphatic heterocycles. The van der Waals surface area contributed by atoms with E-state index in [9.17, 15) is 0 Å². The highest BCUT2D eigenvalue weighted by Gasteiger charge is 2.30. The van der Waals surface area contributed by atoms with Gasteiger partial charge in [0.25, 0.3) is 0 Å². The molecule has 3 nitrogen and oxygen atoms in total. The van der Waals surface area contributed by atoms with Crippen molar-refractivity contribution in [2.45, 2.75) is 45.2 Å². The number of hydrogen-bond donors (Lipinski definition) is 0. The zero-order valence-electron chi connectivity index (χ0n) is 12.1. The SMILES string of the molecule is CN1CCC(N2CCN(C(C)(C)C)CC2)CC1. The lowest BCUT2D eigenvalue weighted by molar-refractivity contribution is 0.0264. The molecule has 17 heavy (non-hydrogen) atoms. The van der Waals surface area contributed by atoms with Crippen LogP contribution in [-0.2, 0) is 0 Å². The summed E-state index contributed by atoms with van der Waals surface area (Å²) in [5.41, 5.74) is 0.346. The fourth-order valence-corrected chi connectivity index (χ4v) is 3.12. The molecule has 0 spiro atoms. The smallest absolute Gasteiger partial charge is 0.0126 e. The molecule has 0 radical (unpaired) electrons. The van der Waals surface area contributed by atoms with Crippen LogP contribution in [0.2, 0.25) is 0 Å². The maximum absolute atomic E-state index is 2.73. The molecule has 2 saturated heterocycles. The van der Waals surface area contributed by atoms with E-state index in [0.29, 0.717) is 5.54 Å². The Labute approximate surface area is 107 Å². The maximum Gasteiger partial charge on any atom is 0.0126 e. The Kier molecular flexibility index (Phi) is 4.11. The van der Waals surface area contributed by atoms with Crippen molar-refractivity contribution in [3.8, 4) is 0 Å². The van der Waals surface area contributed by atoms with Crippen molar-refractivity contribution >= 4 is 0 Å². The van der Waals surface area contributed by atoms with E-state index in [-0.39, 0.29) is 0 Å². The molecule has 0 saturated carbocycles. The van der Waals surface area contributed by atoms with Gasteiger partial charge in [-0.3, -0.25) is 9.80 Å². The van der Waals surface area contributed by atoms with Crippen molar-refractivity contribution < 1.29 is 0 Å². The van der Waals surface area contributed by atoms with Crippen LogP contribution in [0, 0.1) is 0 Å². The van der Waals surface area contributed by atoms with Crippen molar-refractivity contribution in [3.63, 3.8) is 0 Å². The summed E-state index contributed by atoms with van der Waals surface area (Å²) in [5, 5.41) is 0. The van der Waals surface area contributed by atoms with Gasteiger partial charge < -0.3 is 4.90 Å². The standard InChI is InChI=1S/C14H29N3/c1-14(2,3)17-11-9-16(10-12-17)13-5-7-15(4)8-6-13/h13H,5-12H2,1-4H3. The summed E-state index contributed by atoms with van der Waals surface area (Å²) in [4.78, 5) is 7.82. The molecule has 0 amide bonds. The van der Waals surface area contributed by atoms with Gasteiger partial charge in [-0.1, -0.05) is 0 Å². The molecule has 0 atom stereocenters. The van der Waals surface area contributed by atoms with E-state index < -0.39 is 0 Å². The summed E-state index contributed by atoms with van der Waals surface area (Å²) in [6.07, 6.45) is 2.73. The van der Waals surface area contributed by atoms with Crippen LogP contribution in [0.15, 0.2) is 0 Å². The summed E-state index contributed by atoms with van der Waals surface area (Å²) in [6, 6.07) is 0.855. The molecule has 2 fully saturated rings. The van der Waals surface area contributed by atoms with Crippen LogP contribution in [0.1, 0.15) is 33.6 Å². The number of piperazine rings is 1. The Morgan fingerprint density at radius 2 is 1.35 bits per heavy atom. The molecule has 0 unspecified atom stereocenters. The fraction of sp³-hybridized carbons (Fsp3) is 1.00. The number of piperidine rings is 1. The van der Waals surface area contributed by atoms with Crippen molar-refractivity contribution in [2.24, 2.45) is 0 Å². The predicted octanol–water partition coefficient (Wildman–Crippen LogP) is 1.50. The van der Waals surface area contributed by atoms with Gasteiger partial charge in [-0.15, -0.1) is 0 Å². The highest BCUT2D eigenvalue weighted by Crippen LogP contribution is 2.20. The summed E-state index contributed by atoms with van der Waals surface area (Å²) >= 11 is 0. The first-order chi connectivity index (χ1) is 7.97. The van der Waals surface area contributed by atoms with E-state index in [1.165, 1.54) is 52.1 Å². The first-order valence-corrected chi connectivity index (χ1v) is 7.14. The lowest BCUT2D eigenvalue weighted by atomic mass is 10.0. The van der Waals surface area contributed by atoms with Crippen molar-refractivity contribution in [1.29, 1.82) is 0 Å². The van der Waals surface area contributed by atoms with Gasteiger partial charge in [0.2, 0.25) is 0 Å². The number of nitrogens with zero attached hydrogens (tertiary/aromatic N) is 3. The molecule has 0 bridgehead atoms. The quantitative estimate of drug-likeness (QED) is 0.686. The molecule has 2 rings (SSSR count). The monoisotopic (exact) mass is 239 g/mol. The fourth-order valence-electron chi connectivity index (χ4n) is 3.12. The molecular formula is C14H29N3. The Hall–Kier alpha value is -0.120. The molecule has 2 aliphatic rings. The largest absolute Gasteiger partial charge is 0.306 e. The molecule has 3 heteroatoms. The lowest BCUT2D eigenvalue weighted by Gasteiger charge is -2.46. The van der Waals surface area contributed by atoms with E-state index in [2.05, 4.69) is 42.5 Å². The van der Waals surface area contributed by atoms with E-state index in [4.69, 9.17) is 0 Å². The molecule has 0 N–H and O–H groups in total. The van der Waals surface area contributed by atoms with Gasteiger partial charge in [0.05, 0.1) is 0 Å². The van der Waals surface area contributed by atoms with E-state index in [1.54, 1.807) is 0 Å². The summed E-state index contributed by atoms with van der Waals surface area (Å²) in [7, 11) is 2.24. The Balaban J connectivity index is 1.79. The molecule has 0 aliphatic carbocycles. The molecule has 2 heterocycles. The van der Waals surface area contributed by atoms with Gasteiger partial charge >= 0.3 is 0 Å². The van der Waals surface area contributed by atoms with Crippen LogP contribution in [0.5, 0.6) is 0 Å². The number of hydrogen-bond acceptors (Lipinski definition) is 3. The summed E-state index contributed by atoms with van der Waals surface area (Å²) in [6.45, 7) is 14.6. The van der Waals surface area contributed by atoms with Crippen LogP contribution in [0.25, 0.3) is 0 Å².